The molecule has 0 spiro atoms. The summed E-state index contributed by atoms with van der Waals surface area (Å²) in [5.41, 5.74) is 0.805. The van der Waals surface area contributed by atoms with E-state index in [9.17, 15) is 14.0 Å². The average molecular weight is 529 g/mol. The summed E-state index contributed by atoms with van der Waals surface area (Å²) in [6, 6.07) is 8.54. The third kappa shape index (κ3) is 4.59. The van der Waals surface area contributed by atoms with E-state index in [1.165, 1.54) is 43.1 Å². The minimum Gasteiger partial charge on any atom is -0.493 e. The van der Waals surface area contributed by atoms with Gasteiger partial charge < -0.3 is 14.2 Å². The lowest BCUT2D eigenvalue weighted by Crippen LogP contribution is -2.39. The number of fused-ring (bicyclic) bond motifs is 1. The monoisotopic (exact) mass is 528 g/mol. The van der Waals surface area contributed by atoms with Crippen molar-refractivity contribution in [3.63, 3.8) is 0 Å². The third-order valence-corrected chi connectivity index (χ3v) is 6.87. The summed E-state index contributed by atoms with van der Waals surface area (Å²) in [6.07, 6.45) is 3.00. The molecule has 1 unspecified atom stereocenters. The zero-order valence-corrected chi connectivity index (χ0v) is 21.3. The van der Waals surface area contributed by atoms with Gasteiger partial charge in [-0.3, -0.25) is 9.36 Å². The number of hydrogen-bond acceptors (Lipinski definition) is 7. The molecule has 0 radical (unpaired) electrons. The van der Waals surface area contributed by atoms with Gasteiger partial charge in [0.2, 0.25) is 0 Å². The molecule has 1 aliphatic rings. The zero-order chi connectivity index (χ0) is 26.0. The second-order valence-electron chi connectivity index (χ2n) is 7.72. The van der Waals surface area contributed by atoms with Crippen molar-refractivity contribution in [1.82, 2.24) is 4.57 Å². The Balaban J connectivity index is 1.97. The van der Waals surface area contributed by atoms with E-state index < -0.39 is 23.4 Å². The van der Waals surface area contributed by atoms with Gasteiger partial charge in [-0.1, -0.05) is 47.7 Å². The summed E-state index contributed by atoms with van der Waals surface area (Å²) in [5.74, 6) is -0.300. The van der Waals surface area contributed by atoms with E-state index in [1.54, 1.807) is 31.2 Å². The minimum absolute atomic E-state index is 0.0928. The van der Waals surface area contributed by atoms with Gasteiger partial charge in [0.05, 0.1) is 41.1 Å². The fourth-order valence-electron chi connectivity index (χ4n) is 3.91. The van der Waals surface area contributed by atoms with E-state index in [4.69, 9.17) is 25.8 Å². The fourth-order valence-corrected chi connectivity index (χ4v) is 5.16. The molecule has 3 aromatic rings. The Kier molecular flexibility index (Phi) is 7.42. The normalized spacial score (nSPS) is 15.2. The highest BCUT2D eigenvalue weighted by molar-refractivity contribution is 7.07. The van der Waals surface area contributed by atoms with Crippen molar-refractivity contribution < 1.29 is 23.4 Å². The number of halogens is 2. The number of carbonyl (C=O) groups is 1. The predicted molar refractivity (Wildman–Crippen MR) is 136 cm³/mol. The number of aromatic nitrogens is 1. The van der Waals surface area contributed by atoms with Crippen molar-refractivity contribution in [1.29, 1.82) is 0 Å². The van der Waals surface area contributed by atoms with Crippen molar-refractivity contribution in [3.8, 4) is 11.5 Å². The van der Waals surface area contributed by atoms with Gasteiger partial charge in [-0.2, -0.15) is 0 Å². The van der Waals surface area contributed by atoms with Gasteiger partial charge in [0, 0.05) is 5.56 Å². The highest BCUT2D eigenvalue weighted by Gasteiger charge is 2.33. The van der Waals surface area contributed by atoms with Crippen LogP contribution in [0, 0.1) is 5.82 Å². The predicted octanol–water partition coefficient (Wildman–Crippen LogP) is 3.77. The second-order valence-corrected chi connectivity index (χ2v) is 9.13. The lowest BCUT2D eigenvalue weighted by Gasteiger charge is -2.25. The van der Waals surface area contributed by atoms with E-state index in [0.29, 0.717) is 27.6 Å². The lowest BCUT2D eigenvalue weighted by atomic mass is 9.95. The van der Waals surface area contributed by atoms with Crippen LogP contribution < -0.4 is 24.4 Å². The Labute approximate surface area is 215 Å². The molecule has 2 heterocycles. The molecule has 10 heteroatoms. The summed E-state index contributed by atoms with van der Waals surface area (Å²) in [7, 11) is 2.75. The maximum atomic E-state index is 14.4. The van der Waals surface area contributed by atoms with Crippen molar-refractivity contribution in [2.75, 3.05) is 20.8 Å². The quantitative estimate of drug-likeness (QED) is 0.344. The fraction of sp³-hybridized carbons (Fsp3) is 0.192. The number of ether oxygens (including phenoxy) is 3. The Hall–Kier alpha value is -3.69. The van der Waals surface area contributed by atoms with E-state index in [1.807, 2.05) is 0 Å². The Morgan fingerprint density at radius 2 is 2.06 bits per heavy atom. The van der Waals surface area contributed by atoms with Gasteiger partial charge >= 0.3 is 5.97 Å². The molecule has 1 atom stereocenters. The standard InChI is InChI=1S/C26H22ClFN2O5S/c1-5-11-35-19-10-9-15(12-20(19)33-3)23-22(25(32)34-4)14(2)29-26-30(23)24(31)21(36-26)13-16-17(27)7-6-8-18(16)28/h5-10,12-13,23H,1,11H2,2-4H3. The second kappa shape index (κ2) is 10.5. The molecule has 1 aliphatic heterocycles. The first kappa shape index (κ1) is 25.4. The smallest absolute Gasteiger partial charge is 0.338 e. The van der Waals surface area contributed by atoms with Crippen molar-refractivity contribution in [2.45, 2.75) is 13.0 Å². The molecule has 1 aromatic heterocycles. The molecule has 186 valence electrons. The number of thiazole rings is 1. The molecule has 0 saturated heterocycles. The number of methoxy groups -OCH3 is 2. The van der Waals surface area contributed by atoms with Gasteiger partial charge in [-0.05, 0) is 42.8 Å². The summed E-state index contributed by atoms with van der Waals surface area (Å²) >= 11 is 7.25. The maximum Gasteiger partial charge on any atom is 0.338 e. The van der Waals surface area contributed by atoms with Gasteiger partial charge in [-0.25, -0.2) is 14.2 Å². The molecule has 0 N–H and O–H groups in total. The number of carbonyl (C=O) groups excluding carboxylic acids is 1. The number of nitrogens with zero attached hydrogens (tertiary/aromatic N) is 2. The highest BCUT2D eigenvalue weighted by Crippen LogP contribution is 2.36. The number of hydrogen-bond donors (Lipinski definition) is 0. The van der Waals surface area contributed by atoms with E-state index in [-0.39, 0.29) is 27.3 Å². The molecule has 0 saturated carbocycles. The first-order chi connectivity index (χ1) is 17.3. The third-order valence-electron chi connectivity index (χ3n) is 5.56. The largest absolute Gasteiger partial charge is 0.493 e. The van der Waals surface area contributed by atoms with Crippen molar-refractivity contribution in [2.24, 2.45) is 4.99 Å². The molecule has 0 amide bonds. The molecule has 0 fully saturated rings. The molecule has 0 aliphatic carbocycles. The van der Waals surface area contributed by atoms with Crippen LogP contribution in [-0.4, -0.2) is 31.4 Å². The summed E-state index contributed by atoms with van der Waals surface area (Å²) in [6.45, 7) is 5.59. The van der Waals surface area contributed by atoms with Crippen LogP contribution in [0.15, 0.2) is 70.1 Å². The van der Waals surface area contributed by atoms with Crippen molar-refractivity contribution in [3.05, 3.63) is 102 Å². The van der Waals surface area contributed by atoms with Crippen LogP contribution in [0.4, 0.5) is 4.39 Å². The summed E-state index contributed by atoms with van der Waals surface area (Å²) in [5, 5.41) is 0.170. The van der Waals surface area contributed by atoms with Gasteiger partial charge in [-0.15, -0.1) is 0 Å². The van der Waals surface area contributed by atoms with E-state index in [2.05, 4.69) is 11.6 Å². The molecular weight excluding hydrogens is 507 g/mol. The Morgan fingerprint density at radius 1 is 1.28 bits per heavy atom. The first-order valence-corrected chi connectivity index (χ1v) is 12.0. The maximum absolute atomic E-state index is 14.4. The molecule has 36 heavy (non-hydrogen) atoms. The Bertz CT molecular complexity index is 1550. The number of benzene rings is 2. The number of esters is 1. The van der Waals surface area contributed by atoms with E-state index in [0.717, 1.165) is 11.3 Å². The van der Waals surface area contributed by atoms with Crippen LogP contribution in [0.2, 0.25) is 5.02 Å². The van der Waals surface area contributed by atoms with Gasteiger partial charge in [0.25, 0.3) is 5.56 Å². The SMILES string of the molecule is C=CCOc1ccc(C2C(C(=O)OC)=C(C)N=c3sc(=Cc4c(F)cccc4Cl)c(=O)n32)cc1OC. The van der Waals surface area contributed by atoms with Crippen LogP contribution >= 0.6 is 22.9 Å². The van der Waals surface area contributed by atoms with Crippen LogP contribution in [0.5, 0.6) is 11.5 Å². The summed E-state index contributed by atoms with van der Waals surface area (Å²) in [4.78, 5) is 31.3. The number of rotatable bonds is 7. The first-order valence-electron chi connectivity index (χ1n) is 10.8. The van der Waals surface area contributed by atoms with Crippen LogP contribution in [0.25, 0.3) is 6.08 Å². The molecule has 0 bridgehead atoms. The van der Waals surface area contributed by atoms with Crippen LogP contribution in [0.3, 0.4) is 0 Å². The minimum atomic E-state index is -0.866. The molecular formula is C26H22ClFN2O5S. The van der Waals surface area contributed by atoms with Gasteiger partial charge in [0.1, 0.15) is 12.4 Å². The Morgan fingerprint density at radius 3 is 2.72 bits per heavy atom. The van der Waals surface area contributed by atoms with Crippen LogP contribution in [0.1, 0.15) is 24.1 Å². The van der Waals surface area contributed by atoms with Crippen LogP contribution in [-0.2, 0) is 9.53 Å². The highest BCUT2D eigenvalue weighted by atomic mass is 35.5. The molecule has 7 nitrogen and oxygen atoms in total. The average Bonchev–Trinajstić information content (AvgIpc) is 3.17. The lowest BCUT2D eigenvalue weighted by molar-refractivity contribution is -0.136. The number of allylic oxidation sites excluding steroid dienone is 1. The molecule has 4 rings (SSSR count). The molecule has 2 aromatic carbocycles. The van der Waals surface area contributed by atoms with E-state index >= 15 is 0 Å². The topological polar surface area (TPSA) is 79.1 Å². The van der Waals surface area contributed by atoms with Gasteiger partial charge in [0.15, 0.2) is 16.3 Å². The zero-order valence-electron chi connectivity index (χ0n) is 19.7. The summed E-state index contributed by atoms with van der Waals surface area (Å²) < 4.78 is 32.2. The van der Waals surface area contributed by atoms with Crippen molar-refractivity contribution >= 4 is 35.0 Å².